The lowest BCUT2D eigenvalue weighted by Gasteiger charge is -2.09. The molecular weight excluding hydrogens is 248 g/mol. The highest BCUT2D eigenvalue weighted by atomic mass is 16.4. The van der Waals surface area contributed by atoms with Crippen molar-refractivity contribution >= 4 is 17.6 Å². The Hall–Kier alpha value is -2.08. The molecule has 6 heteroatoms. The summed E-state index contributed by atoms with van der Waals surface area (Å²) in [6.45, 7) is 1.86. The van der Waals surface area contributed by atoms with Crippen LogP contribution < -0.4 is 11.1 Å². The van der Waals surface area contributed by atoms with E-state index in [2.05, 4.69) is 5.32 Å². The van der Waals surface area contributed by atoms with E-state index in [1.54, 1.807) is 0 Å². The minimum absolute atomic E-state index is 0.00341. The lowest BCUT2D eigenvalue weighted by atomic mass is 10.1. The molecule has 1 rings (SSSR count). The van der Waals surface area contributed by atoms with Crippen LogP contribution in [0, 0.1) is 0 Å². The second-order valence-electron chi connectivity index (χ2n) is 4.45. The summed E-state index contributed by atoms with van der Waals surface area (Å²) in [6, 6.07) is 3.77. The van der Waals surface area contributed by atoms with Gasteiger partial charge in [0.2, 0.25) is 5.91 Å². The summed E-state index contributed by atoms with van der Waals surface area (Å²) in [7, 11) is 0. The Morgan fingerprint density at radius 1 is 1.42 bits per heavy atom. The van der Waals surface area contributed by atoms with Gasteiger partial charge in [-0.15, -0.1) is 0 Å². The molecule has 0 bridgehead atoms. The van der Waals surface area contributed by atoms with Crippen LogP contribution >= 0.6 is 0 Å². The number of carbonyl (C=O) groups is 2. The van der Waals surface area contributed by atoms with Gasteiger partial charge in [0, 0.05) is 12.5 Å². The summed E-state index contributed by atoms with van der Waals surface area (Å²) in [6.07, 6.45) is 1.65. The Morgan fingerprint density at radius 2 is 2.11 bits per heavy atom. The van der Waals surface area contributed by atoms with Gasteiger partial charge in [-0.1, -0.05) is 0 Å². The molecule has 0 saturated carbocycles. The smallest absolute Gasteiger partial charge is 0.335 e. The van der Waals surface area contributed by atoms with Gasteiger partial charge in [0.15, 0.2) is 0 Å². The number of anilines is 1. The molecule has 0 aliphatic heterocycles. The van der Waals surface area contributed by atoms with Gasteiger partial charge in [-0.25, -0.2) is 4.79 Å². The SMILES string of the molecule is CC(N)CCCC(=O)Nc1cc(C(=O)O)ccc1O. The van der Waals surface area contributed by atoms with E-state index in [9.17, 15) is 14.7 Å². The number of carboxylic acids is 1. The maximum atomic E-state index is 11.6. The summed E-state index contributed by atoms with van der Waals surface area (Å²) in [5.74, 6) is -1.56. The van der Waals surface area contributed by atoms with Crippen molar-refractivity contribution < 1.29 is 19.8 Å². The maximum Gasteiger partial charge on any atom is 0.335 e. The predicted octanol–water partition coefficient (Wildman–Crippen LogP) is 1.55. The molecule has 0 radical (unpaired) electrons. The Kier molecular flexibility index (Phi) is 5.32. The third-order valence-electron chi connectivity index (χ3n) is 2.58. The molecule has 0 aliphatic carbocycles. The fourth-order valence-corrected chi connectivity index (χ4v) is 1.57. The highest BCUT2D eigenvalue weighted by Crippen LogP contribution is 2.24. The van der Waals surface area contributed by atoms with Crippen molar-refractivity contribution in [2.45, 2.75) is 32.2 Å². The molecule has 19 heavy (non-hydrogen) atoms. The van der Waals surface area contributed by atoms with Crippen LogP contribution in [-0.4, -0.2) is 28.1 Å². The van der Waals surface area contributed by atoms with Gasteiger partial charge in [-0.3, -0.25) is 4.79 Å². The minimum Gasteiger partial charge on any atom is -0.506 e. The van der Waals surface area contributed by atoms with E-state index in [4.69, 9.17) is 10.8 Å². The Morgan fingerprint density at radius 3 is 2.68 bits per heavy atom. The summed E-state index contributed by atoms with van der Waals surface area (Å²) in [5.41, 5.74) is 5.68. The van der Waals surface area contributed by atoms with Gasteiger partial charge < -0.3 is 21.3 Å². The van der Waals surface area contributed by atoms with Crippen LogP contribution in [0.5, 0.6) is 5.75 Å². The first-order chi connectivity index (χ1) is 8.90. The summed E-state index contributed by atoms with van der Waals surface area (Å²) < 4.78 is 0. The lowest BCUT2D eigenvalue weighted by molar-refractivity contribution is -0.116. The molecule has 0 spiro atoms. The zero-order valence-electron chi connectivity index (χ0n) is 10.7. The third kappa shape index (κ3) is 4.97. The van der Waals surface area contributed by atoms with Crippen LogP contribution in [0.2, 0.25) is 0 Å². The van der Waals surface area contributed by atoms with Crippen LogP contribution in [-0.2, 0) is 4.79 Å². The molecule has 0 saturated heterocycles. The molecule has 5 N–H and O–H groups in total. The highest BCUT2D eigenvalue weighted by Gasteiger charge is 2.10. The van der Waals surface area contributed by atoms with Crippen molar-refractivity contribution in [3.63, 3.8) is 0 Å². The number of aromatic hydroxyl groups is 1. The molecule has 6 nitrogen and oxygen atoms in total. The average molecular weight is 266 g/mol. The predicted molar refractivity (Wildman–Crippen MR) is 71.2 cm³/mol. The number of nitrogens with one attached hydrogen (secondary N) is 1. The van der Waals surface area contributed by atoms with Crippen molar-refractivity contribution in [3.05, 3.63) is 23.8 Å². The molecule has 1 aromatic carbocycles. The number of benzene rings is 1. The van der Waals surface area contributed by atoms with E-state index in [-0.39, 0.29) is 35.4 Å². The largest absolute Gasteiger partial charge is 0.506 e. The maximum absolute atomic E-state index is 11.6. The summed E-state index contributed by atoms with van der Waals surface area (Å²) >= 11 is 0. The molecule has 0 heterocycles. The Labute approximate surface area is 111 Å². The third-order valence-corrected chi connectivity index (χ3v) is 2.58. The molecular formula is C13H18N2O4. The molecule has 0 aromatic heterocycles. The monoisotopic (exact) mass is 266 g/mol. The number of hydrogen-bond acceptors (Lipinski definition) is 4. The van der Waals surface area contributed by atoms with Crippen LogP contribution in [0.25, 0.3) is 0 Å². The van der Waals surface area contributed by atoms with Crippen molar-refractivity contribution in [2.75, 3.05) is 5.32 Å². The van der Waals surface area contributed by atoms with Gasteiger partial charge in [0.25, 0.3) is 0 Å². The fraction of sp³-hybridized carbons (Fsp3) is 0.385. The summed E-state index contributed by atoms with van der Waals surface area (Å²) in [4.78, 5) is 22.4. The number of amides is 1. The zero-order chi connectivity index (χ0) is 14.4. The van der Waals surface area contributed by atoms with Crippen LogP contribution in [0.3, 0.4) is 0 Å². The lowest BCUT2D eigenvalue weighted by Crippen LogP contribution is -2.17. The first-order valence-electron chi connectivity index (χ1n) is 6.02. The molecule has 1 aromatic rings. The van der Waals surface area contributed by atoms with E-state index >= 15 is 0 Å². The molecule has 0 aliphatic rings. The second kappa shape index (κ2) is 6.75. The Balaban J connectivity index is 2.63. The van der Waals surface area contributed by atoms with Crippen molar-refractivity contribution in [1.29, 1.82) is 0 Å². The average Bonchev–Trinajstić information content (AvgIpc) is 2.31. The molecule has 104 valence electrons. The van der Waals surface area contributed by atoms with Crippen LogP contribution in [0.4, 0.5) is 5.69 Å². The Bertz CT molecular complexity index is 472. The summed E-state index contributed by atoms with van der Waals surface area (Å²) in [5, 5.41) is 20.9. The first-order valence-corrected chi connectivity index (χ1v) is 6.02. The van der Waals surface area contributed by atoms with E-state index < -0.39 is 5.97 Å². The van der Waals surface area contributed by atoms with E-state index in [1.165, 1.54) is 18.2 Å². The normalized spacial score (nSPS) is 11.9. The van der Waals surface area contributed by atoms with Crippen molar-refractivity contribution in [1.82, 2.24) is 0 Å². The molecule has 1 atom stereocenters. The molecule has 0 fully saturated rings. The number of phenolic OH excluding ortho intramolecular Hbond substituents is 1. The van der Waals surface area contributed by atoms with Crippen LogP contribution in [0.15, 0.2) is 18.2 Å². The van der Waals surface area contributed by atoms with Gasteiger partial charge >= 0.3 is 5.97 Å². The second-order valence-corrected chi connectivity index (χ2v) is 4.45. The van der Waals surface area contributed by atoms with Crippen molar-refractivity contribution in [3.8, 4) is 5.75 Å². The minimum atomic E-state index is -1.12. The van der Waals surface area contributed by atoms with Gasteiger partial charge in [-0.05, 0) is 38.0 Å². The number of aromatic carboxylic acids is 1. The topological polar surface area (TPSA) is 113 Å². The number of phenols is 1. The number of hydrogen-bond donors (Lipinski definition) is 4. The van der Waals surface area contributed by atoms with Crippen molar-refractivity contribution in [2.24, 2.45) is 5.73 Å². The van der Waals surface area contributed by atoms with Gasteiger partial charge in [0.1, 0.15) is 5.75 Å². The van der Waals surface area contributed by atoms with Gasteiger partial charge in [-0.2, -0.15) is 0 Å². The van der Waals surface area contributed by atoms with Crippen LogP contribution in [0.1, 0.15) is 36.5 Å². The van der Waals surface area contributed by atoms with Gasteiger partial charge in [0.05, 0.1) is 11.3 Å². The first kappa shape index (κ1) is 15.0. The van der Waals surface area contributed by atoms with E-state index in [0.29, 0.717) is 6.42 Å². The van der Waals surface area contributed by atoms with E-state index in [0.717, 1.165) is 6.42 Å². The number of carbonyl (C=O) groups excluding carboxylic acids is 1. The fourth-order valence-electron chi connectivity index (χ4n) is 1.57. The quantitative estimate of drug-likeness (QED) is 0.583. The van der Waals surface area contributed by atoms with E-state index in [1.807, 2.05) is 6.92 Å². The standard InChI is InChI=1S/C13H18N2O4/c1-8(14)3-2-4-12(17)15-10-7-9(13(18)19)5-6-11(10)16/h5-8,16H,2-4,14H2,1H3,(H,15,17)(H,18,19). The number of nitrogens with two attached hydrogens (primary N) is 1. The highest BCUT2D eigenvalue weighted by molar-refractivity contribution is 5.95. The molecule has 1 amide bonds. The zero-order valence-corrected chi connectivity index (χ0v) is 10.7. The molecule has 1 unspecified atom stereocenters. The number of carboxylic acid groups (broad SMARTS) is 1. The number of rotatable bonds is 6.